The van der Waals surface area contributed by atoms with Crippen LogP contribution in [0.25, 0.3) is 0 Å². The second-order valence-corrected chi connectivity index (χ2v) is 9.17. The first-order chi connectivity index (χ1) is 16.2. The van der Waals surface area contributed by atoms with E-state index in [4.69, 9.17) is 4.42 Å². The molecule has 2 aromatic carbocycles. The third-order valence-corrected chi connectivity index (χ3v) is 7.12. The van der Waals surface area contributed by atoms with Gasteiger partial charge in [-0.15, -0.1) is 11.3 Å². The van der Waals surface area contributed by atoms with Gasteiger partial charge in [0.15, 0.2) is 0 Å². The number of benzene rings is 2. The number of furan rings is 1. The number of hydrogen-bond donors (Lipinski definition) is 2. The SMILES string of the molecule is O=C(NCc1ccco1)c1c(NC(=O)C(c2ccccc2)c2ccccc2)sc2c1CCC2. The Labute approximate surface area is 196 Å². The fraction of sp³-hybridized carbons (Fsp3) is 0.185. The topological polar surface area (TPSA) is 71.3 Å². The standard InChI is InChI=1S/C27H24N2O3S/c30-25(28-17-20-13-8-16-32-20)24-21-14-7-15-22(21)33-27(24)29-26(31)23(18-9-3-1-4-10-18)19-11-5-2-6-12-19/h1-6,8-13,16,23H,7,14-15,17H2,(H,28,30)(H,29,31). The Balaban J connectivity index is 1.44. The van der Waals surface area contributed by atoms with Crippen LogP contribution < -0.4 is 10.6 Å². The van der Waals surface area contributed by atoms with E-state index in [2.05, 4.69) is 10.6 Å². The van der Waals surface area contributed by atoms with Crippen molar-refractivity contribution in [3.63, 3.8) is 0 Å². The van der Waals surface area contributed by atoms with Crippen molar-refractivity contribution in [1.29, 1.82) is 0 Å². The molecule has 0 aliphatic heterocycles. The Morgan fingerprint density at radius 3 is 2.24 bits per heavy atom. The smallest absolute Gasteiger partial charge is 0.254 e. The third-order valence-electron chi connectivity index (χ3n) is 5.92. The predicted octanol–water partition coefficient (Wildman–Crippen LogP) is 5.53. The second-order valence-electron chi connectivity index (χ2n) is 8.07. The number of thiophene rings is 1. The molecule has 5 nitrogen and oxygen atoms in total. The highest BCUT2D eigenvalue weighted by Crippen LogP contribution is 2.40. The molecule has 0 saturated carbocycles. The van der Waals surface area contributed by atoms with E-state index in [1.807, 2.05) is 66.7 Å². The van der Waals surface area contributed by atoms with Crippen LogP contribution >= 0.6 is 11.3 Å². The summed E-state index contributed by atoms with van der Waals surface area (Å²) < 4.78 is 5.34. The van der Waals surface area contributed by atoms with Crippen LogP contribution in [0.1, 0.15) is 50.0 Å². The summed E-state index contributed by atoms with van der Waals surface area (Å²) in [5.74, 6) is -0.109. The maximum absolute atomic E-state index is 13.6. The van der Waals surface area contributed by atoms with E-state index >= 15 is 0 Å². The van der Waals surface area contributed by atoms with Crippen molar-refractivity contribution in [2.75, 3.05) is 5.32 Å². The number of rotatable bonds is 7. The first kappa shape index (κ1) is 21.2. The summed E-state index contributed by atoms with van der Waals surface area (Å²) in [6.45, 7) is 0.306. The molecule has 1 aliphatic carbocycles. The first-order valence-corrected chi connectivity index (χ1v) is 11.9. The molecule has 0 fully saturated rings. The lowest BCUT2D eigenvalue weighted by Crippen LogP contribution is -2.26. The molecule has 0 unspecified atom stereocenters. The molecule has 166 valence electrons. The molecule has 0 saturated heterocycles. The van der Waals surface area contributed by atoms with Gasteiger partial charge in [-0.3, -0.25) is 9.59 Å². The quantitative estimate of drug-likeness (QED) is 0.384. The van der Waals surface area contributed by atoms with Gasteiger partial charge in [-0.1, -0.05) is 60.7 Å². The molecule has 33 heavy (non-hydrogen) atoms. The van der Waals surface area contributed by atoms with Gasteiger partial charge >= 0.3 is 0 Å². The van der Waals surface area contributed by atoms with Crippen molar-refractivity contribution >= 4 is 28.2 Å². The molecule has 2 aromatic heterocycles. The van der Waals surface area contributed by atoms with Gasteiger partial charge in [-0.25, -0.2) is 0 Å². The molecule has 0 radical (unpaired) electrons. The van der Waals surface area contributed by atoms with Crippen molar-refractivity contribution in [2.45, 2.75) is 31.7 Å². The molecular formula is C27H24N2O3S. The summed E-state index contributed by atoms with van der Waals surface area (Å²) >= 11 is 1.52. The van der Waals surface area contributed by atoms with Gasteiger partial charge in [0, 0.05) is 4.88 Å². The van der Waals surface area contributed by atoms with Crippen LogP contribution in [0.15, 0.2) is 83.5 Å². The summed E-state index contributed by atoms with van der Waals surface area (Å²) in [6, 6.07) is 23.1. The van der Waals surface area contributed by atoms with Gasteiger partial charge in [-0.05, 0) is 48.1 Å². The minimum absolute atomic E-state index is 0.146. The Kier molecular flexibility index (Phi) is 6.09. The lowest BCUT2D eigenvalue weighted by molar-refractivity contribution is -0.116. The van der Waals surface area contributed by atoms with Gasteiger partial charge in [0.25, 0.3) is 5.91 Å². The number of aryl methyl sites for hydroxylation is 1. The lowest BCUT2D eigenvalue weighted by Gasteiger charge is -2.18. The summed E-state index contributed by atoms with van der Waals surface area (Å²) in [5.41, 5.74) is 3.47. The molecule has 2 heterocycles. The molecule has 5 rings (SSSR count). The zero-order valence-electron chi connectivity index (χ0n) is 18.0. The number of nitrogens with one attached hydrogen (secondary N) is 2. The molecule has 2 N–H and O–H groups in total. The second kappa shape index (κ2) is 9.46. The van der Waals surface area contributed by atoms with Crippen LogP contribution in [0, 0.1) is 0 Å². The summed E-state index contributed by atoms with van der Waals surface area (Å²) in [5, 5.41) is 6.68. The van der Waals surface area contributed by atoms with Gasteiger partial charge in [0.2, 0.25) is 5.91 Å². The largest absolute Gasteiger partial charge is 0.467 e. The number of carbonyl (C=O) groups excluding carboxylic acids is 2. The van der Waals surface area contributed by atoms with Crippen LogP contribution in [0.3, 0.4) is 0 Å². The number of amides is 2. The van der Waals surface area contributed by atoms with Crippen LogP contribution in [-0.2, 0) is 24.2 Å². The average Bonchev–Trinajstić information content (AvgIpc) is 3.57. The summed E-state index contributed by atoms with van der Waals surface area (Å²) in [6.07, 6.45) is 4.41. The van der Waals surface area contributed by atoms with Crippen LogP contribution in [0.4, 0.5) is 5.00 Å². The van der Waals surface area contributed by atoms with Crippen molar-refractivity contribution in [2.24, 2.45) is 0 Å². The van der Waals surface area contributed by atoms with Crippen molar-refractivity contribution in [3.8, 4) is 0 Å². The Hall–Kier alpha value is -3.64. The minimum Gasteiger partial charge on any atom is -0.467 e. The van der Waals surface area contributed by atoms with Crippen molar-refractivity contribution in [3.05, 3.63) is 112 Å². The van der Waals surface area contributed by atoms with Gasteiger partial charge in [-0.2, -0.15) is 0 Å². The minimum atomic E-state index is -0.469. The van der Waals surface area contributed by atoms with Crippen LogP contribution in [-0.4, -0.2) is 11.8 Å². The fourth-order valence-corrected chi connectivity index (χ4v) is 5.66. The Morgan fingerprint density at radius 2 is 1.61 bits per heavy atom. The Morgan fingerprint density at radius 1 is 0.909 bits per heavy atom. The van der Waals surface area contributed by atoms with Crippen molar-refractivity contribution in [1.82, 2.24) is 5.32 Å². The molecule has 0 atom stereocenters. The number of fused-ring (bicyclic) bond motifs is 1. The Bertz CT molecular complexity index is 1210. The highest BCUT2D eigenvalue weighted by Gasteiger charge is 2.30. The molecule has 4 aromatic rings. The summed E-state index contributed by atoms with van der Waals surface area (Å²) in [4.78, 5) is 28.0. The number of anilines is 1. The normalized spacial score (nSPS) is 12.5. The summed E-state index contributed by atoms with van der Waals surface area (Å²) in [7, 11) is 0. The van der Waals surface area contributed by atoms with Crippen molar-refractivity contribution < 1.29 is 14.0 Å². The molecule has 0 spiro atoms. The lowest BCUT2D eigenvalue weighted by atomic mass is 9.90. The highest BCUT2D eigenvalue weighted by atomic mass is 32.1. The van der Waals surface area contributed by atoms with Crippen LogP contribution in [0.2, 0.25) is 0 Å². The zero-order valence-corrected chi connectivity index (χ0v) is 18.9. The molecule has 6 heteroatoms. The van der Waals surface area contributed by atoms with Gasteiger partial charge in [0.05, 0.1) is 24.3 Å². The predicted molar refractivity (Wildman–Crippen MR) is 130 cm³/mol. The van der Waals surface area contributed by atoms with E-state index < -0.39 is 5.92 Å². The number of hydrogen-bond acceptors (Lipinski definition) is 4. The van der Waals surface area contributed by atoms with E-state index in [1.54, 1.807) is 12.3 Å². The molecule has 2 amide bonds. The fourth-order valence-electron chi connectivity index (χ4n) is 4.37. The van der Waals surface area contributed by atoms with E-state index in [-0.39, 0.29) is 11.8 Å². The monoisotopic (exact) mass is 456 g/mol. The molecule has 0 bridgehead atoms. The van der Waals surface area contributed by atoms with E-state index in [0.29, 0.717) is 22.9 Å². The van der Waals surface area contributed by atoms with Gasteiger partial charge in [0.1, 0.15) is 10.8 Å². The van der Waals surface area contributed by atoms with Crippen LogP contribution in [0.5, 0.6) is 0 Å². The maximum Gasteiger partial charge on any atom is 0.254 e. The highest BCUT2D eigenvalue weighted by molar-refractivity contribution is 7.17. The number of carbonyl (C=O) groups is 2. The molecular weight excluding hydrogens is 432 g/mol. The van der Waals surface area contributed by atoms with E-state index in [9.17, 15) is 9.59 Å². The first-order valence-electron chi connectivity index (χ1n) is 11.1. The van der Waals surface area contributed by atoms with E-state index in [1.165, 1.54) is 16.2 Å². The van der Waals surface area contributed by atoms with E-state index in [0.717, 1.165) is 36.0 Å². The zero-order chi connectivity index (χ0) is 22.6. The maximum atomic E-state index is 13.6. The molecule has 1 aliphatic rings. The van der Waals surface area contributed by atoms with Gasteiger partial charge < -0.3 is 15.1 Å². The average molecular weight is 457 g/mol. The third kappa shape index (κ3) is 4.47.